The van der Waals surface area contributed by atoms with Crippen molar-refractivity contribution in [3.05, 3.63) is 48.0 Å². The van der Waals surface area contributed by atoms with E-state index in [9.17, 15) is 5.11 Å². The van der Waals surface area contributed by atoms with Crippen molar-refractivity contribution in [1.29, 1.82) is 0 Å². The quantitative estimate of drug-likeness (QED) is 0.866. The fraction of sp³-hybridized carbons (Fsp3) is 0.200. The highest BCUT2D eigenvalue weighted by molar-refractivity contribution is 5.71. The number of para-hydroxylation sites is 1. The van der Waals surface area contributed by atoms with E-state index in [1.807, 2.05) is 50.2 Å². The van der Waals surface area contributed by atoms with Crippen molar-refractivity contribution in [3.8, 4) is 22.6 Å². The molecule has 0 aliphatic carbocycles. The van der Waals surface area contributed by atoms with Crippen molar-refractivity contribution in [2.45, 2.75) is 13.8 Å². The van der Waals surface area contributed by atoms with E-state index in [4.69, 9.17) is 4.74 Å². The Bertz CT molecular complexity index is 518. The lowest BCUT2D eigenvalue weighted by molar-refractivity contribution is 0.341. The summed E-state index contributed by atoms with van der Waals surface area (Å²) >= 11 is 0. The van der Waals surface area contributed by atoms with Gasteiger partial charge in [0.05, 0.1) is 6.61 Å². The standard InChI is InChI=1S/C15H16O2/c1-3-17-15-7-5-4-6-13(15)12-8-9-14(16)11(2)10-12/h4-10,16H,3H2,1-2H3. The lowest BCUT2D eigenvalue weighted by atomic mass is 10.0. The van der Waals surface area contributed by atoms with Crippen LogP contribution in [-0.2, 0) is 0 Å². The van der Waals surface area contributed by atoms with Crippen LogP contribution in [0.5, 0.6) is 11.5 Å². The van der Waals surface area contributed by atoms with Gasteiger partial charge in [0.1, 0.15) is 11.5 Å². The minimum Gasteiger partial charge on any atom is -0.508 e. The predicted molar refractivity (Wildman–Crippen MR) is 69.4 cm³/mol. The zero-order valence-corrected chi connectivity index (χ0v) is 10.1. The molecule has 0 heterocycles. The maximum absolute atomic E-state index is 9.53. The third-order valence-electron chi connectivity index (χ3n) is 2.69. The summed E-state index contributed by atoms with van der Waals surface area (Å²) in [6.45, 7) is 4.51. The number of rotatable bonds is 3. The third kappa shape index (κ3) is 2.41. The van der Waals surface area contributed by atoms with Crippen LogP contribution in [0.4, 0.5) is 0 Å². The van der Waals surface area contributed by atoms with Crippen LogP contribution in [-0.4, -0.2) is 11.7 Å². The highest BCUT2D eigenvalue weighted by Crippen LogP contribution is 2.32. The first kappa shape index (κ1) is 11.5. The third-order valence-corrected chi connectivity index (χ3v) is 2.69. The zero-order valence-electron chi connectivity index (χ0n) is 10.1. The molecule has 0 fully saturated rings. The van der Waals surface area contributed by atoms with Crippen LogP contribution >= 0.6 is 0 Å². The van der Waals surface area contributed by atoms with Crippen molar-refractivity contribution in [2.24, 2.45) is 0 Å². The molecule has 2 heteroatoms. The second kappa shape index (κ2) is 4.91. The largest absolute Gasteiger partial charge is 0.508 e. The smallest absolute Gasteiger partial charge is 0.127 e. The monoisotopic (exact) mass is 228 g/mol. The van der Waals surface area contributed by atoms with Crippen molar-refractivity contribution in [2.75, 3.05) is 6.61 Å². The molecule has 0 amide bonds. The SMILES string of the molecule is CCOc1ccccc1-c1ccc(O)c(C)c1. The fourth-order valence-electron chi connectivity index (χ4n) is 1.81. The molecule has 17 heavy (non-hydrogen) atoms. The van der Waals surface area contributed by atoms with Crippen LogP contribution in [0, 0.1) is 6.92 Å². The Kier molecular flexibility index (Phi) is 3.33. The molecule has 0 radical (unpaired) electrons. The van der Waals surface area contributed by atoms with E-state index in [1.165, 1.54) is 0 Å². The second-order valence-corrected chi connectivity index (χ2v) is 3.93. The average molecular weight is 228 g/mol. The summed E-state index contributed by atoms with van der Waals surface area (Å²) in [6, 6.07) is 13.5. The number of hydrogen-bond acceptors (Lipinski definition) is 2. The van der Waals surface area contributed by atoms with E-state index >= 15 is 0 Å². The lowest BCUT2D eigenvalue weighted by Gasteiger charge is -2.11. The first-order chi connectivity index (χ1) is 8.22. The van der Waals surface area contributed by atoms with Crippen LogP contribution in [0.15, 0.2) is 42.5 Å². The Morgan fingerprint density at radius 1 is 1.12 bits per heavy atom. The average Bonchev–Trinajstić information content (AvgIpc) is 2.34. The van der Waals surface area contributed by atoms with Gasteiger partial charge in [0, 0.05) is 5.56 Å². The molecule has 0 unspecified atom stereocenters. The molecule has 0 aliphatic rings. The highest BCUT2D eigenvalue weighted by Gasteiger charge is 2.06. The van der Waals surface area contributed by atoms with Gasteiger partial charge < -0.3 is 9.84 Å². The molecule has 2 aromatic rings. The van der Waals surface area contributed by atoms with Crippen molar-refractivity contribution < 1.29 is 9.84 Å². The molecule has 1 N–H and O–H groups in total. The van der Waals surface area contributed by atoms with E-state index in [2.05, 4.69) is 0 Å². The normalized spacial score (nSPS) is 10.2. The van der Waals surface area contributed by atoms with Gasteiger partial charge in [0.25, 0.3) is 0 Å². The van der Waals surface area contributed by atoms with Gasteiger partial charge in [-0.3, -0.25) is 0 Å². The summed E-state index contributed by atoms with van der Waals surface area (Å²) in [5.74, 6) is 1.20. The van der Waals surface area contributed by atoms with E-state index in [-0.39, 0.29) is 0 Å². The lowest BCUT2D eigenvalue weighted by Crippen LogP contribution is -1.93. The second-order valence-electron chi connectivity index (χ2n) is 3.93. The molecule has 2 nitrogen and oxygen atoms in total. The van der Waals surface area contributed by atoms with Gasteiger partial charge in [0.15, 0.2) is 0 Å². The number of phenols is 1. The van der Waals surface area contributed by atoms with E-state index in [0.29, 0.717) is 12.4 Å². The summed E-state index contributed by atoms with van der Waals surface area (Å²) in [5.41, 5.74) is 2.98. The van der Waals surface area contributed by atoms with Crippen LogP contribution in [0.3, 0.4) is 0 Å². The van der Waals surface area contributed by atoms with Crippen LogP contribution in [0.2, 0.25) is 0 Å². The van der Waals surface area contributed by atoms with Crippen molar-refractivity contribution >= 4 is 0 Å². The number of phenolic OH excluding ortho intramolecular Hbond substituents is 1. The molecule has 0 bridgehead atoms. The maximum atomic E-state index is 9.53. The molecular formula is C15H16O2. The Hall–Kier alpha value is -1.96. The number of aromatic hydroxyl groups is 1. The molecule has 0 atom stereocenters. The number of ether oxygens (including phenoxy) is 1. The Morgan fingerprint density at radius 3 is 2.59 bits per heavy atom. The summed E-state index contributed by atoms with van der Waals surface area (Å²) in [7, 11) is 0. The Balaban J connectivity index is 2.48. The van der Waals surface area contributed by atoms with Crippen LogP contribution in [0.1, 0.15) is 12.5 Å². The Morgan fingerprint density at radius 2 is 1.88 bits per heavy atom. The molecule has 0 spiro atoms. The summed E-state index contributed by atoms with van der Waals surface area (Å²) in [5, 5.41) is 9.53. The number of benzene rings is 2. The highest BCUT2D eigenvalue weighted by atomic mass is 16.5. The molecule has 88 valence electrons. The number of aryl methyl sites for hydroxylation is 1. The summed E-state index contributed by atoms with van der Waals surface area (Å²) in [4.78, 5) is 0. The molecular weight excluding hydrogens is 212 g/mol. The van der Waals surface area contributed by atoms with Gasteiger partial charge in [-0.1, -0.05) is 24.3 Å². The first-order valence-corrected chi connectivity index (χ1v) is 5.74. The number of hydrogen-bond donors (Lipinski definition) is 1. The molecule has 2 rings (SSSR count). The van der Waals surface area contributed by atoms with Gasteiger partial charge >= 0.3 is 0 Å². The van der Waals surface area contributed by atoms with E-state index in [1.54, 1.807) is 6.07 Å². The molecule has 2 aromatic carbocycles. The maximum Gasteiger partial charge on any atom is 0.127 e. The molecule has 0 saturated heterocycles. The molecule has 0 saturated carbocycles. The van der Waals surface area contributed by atoms with E-state index < -0.39 is 0 Å². The van der Waals surface area contributed by atoms with Crippen LogP contribution in [0.25, 0.3) is 11.1 Å². The van der Waals surface area contributed by atoms with E-state index in [0.717, 1.165) is 22.4 Å². The predicted octanol–water partition coefficient (Wildman–Crippen LogP) is 3.77. The molecule has 0 aliphatic heterocycles. The first-order valence-electron chi connectivity index (χ1n) is 5.74. The summed E-state index contributed by atoms with van der Waals surface area (Å²) in [6.07, 6.45) is 0. The fourth-order valence-corrected chi connectivity index (χ4v) is 1.81. The van der Waals surface area contributed by atoms with Crippen LogP contribution < -0.4 is 4.74 Å². The molecule has 0 aromatic heterocycles. The van der Waals surface area contributed by atoms with Crippen molar-refractivity contribution in [1.82, 2.24) is 0 Å². The van der Waals surface area contributed by atoms with Gasteiger partial charge in [-0.05, 0) is 43.2 Å². The minimum atomic E-state index is 0.322. The van der Waals surface area contributed by atoms with Crippen molar-refractivity contribution in [3.63, 3.8) is 0 Å². The van der Waals surface area contributed by atoms with Gasteiger partial charge in [-0.2, -0.15) is 0 Å². The van der Waals surface area contributed by atoms with Gasteiger partial charge in [0.2, 0.25) is 0 Å². The minimum absolute atomic E-state index is 0.322. The Labute approximate surface area is 101 Å². The zero-order chi connectivity index (χ0) is 12.3. The summed E-state index contributed by atoms with van der Waals surface area (Å²) < 4.78 is 5.60. The van der Waals surface area contributed by atoms with Gasteiger partial charge in [-0.25, -0.2) is 0 Å². The topological polar surface area (TPSA) is 29.5 Å². The van der Waals surface area contributed by atoms with Gasteiger partial charge in [-0.15, -0.1) is 0 Å².